The Balaban J connectivity index is 2.48. The first-order chi connectivity index (χ1) is 12.0. The number of benzene rings is 2. The summed E-state index contributed by atoms with van der Waals surface area (Å²) < 4.78 is 0. The standard InChI is InChI=1S/C22H26N2O/c1-5-8-19-10-7-11-20(15-19)22(14-18(3)23-16-25)24(4)21-12-6-9-17(2)13-21/h6-7,9-16H,3,5,8H2,1-2,4H3,(H,23,25)/b22-14-. The third-order valence-corrected chi connectivity index (χ3v) is 4.07. The number of nitrogens with one attached hydrogen (secondary N) is 1. The molecule has 3 heteroatoms. The maximum absolute atomic E-state index is 10.7. The number of hydrogen-bond donors (Lipinski definition) is 1. The summed E-state index contributed by atoms with van der Waals surface area (Å²) in [7, 11) is 2.03. The number of rotatable bonds is 8. The second kappa shape index (κ2) is 8.88. The highest BCUT2D eigenvalue weighted by atomic mass is 16.1. The van der Waals surface area contributed by atoms with Gasteiger partial charge >= 0.3 is 0 Å². The van der Waals surface area contributed by atoms with Crippen molar-refractivity contribution < 1.29 is 4.79 Å². The zero-order valence-electron chi connectivity index (χ0n) is 15.3. The van der Waals surface area contributed by atoms with Crippen LogP contribution >= 0.6 is 0 Å². The minimum absolute atomic E-state index is 0.561. The van der Waals surface area contributed by atoms with Crippen molar-refractivity contribution in [2.24, 2.45) is 0 Å². The monoisotopic (exact) mass is 334 g/mol. The van der Waals surface area contributed by atoms with Gasteiger partial charge in [0.15, 0.2) is 0 Å². The van der Waals surface area contributed by atoms with Crippen molar-refractivity contribution in [1.82, 2.24) is 5.32 Å². The molecule has 0 aliphatic carbocycles. The maximum Gasteiger partial charge on any atom is 0.211 e. The molecule has 0 radical (unpaired) electrons. The number of aryl methyl sites for hydroxylation is 2. The first-order valence-electron chi connectivity index (χ1n) is 8.55. The Labute approximate surface area is 150 Å². The molecule has 2 aromatic rings. The molecule has 130 valence electrons. The van der Waals surface area contributed by atoms with Gasteiger partial charge in [-0.1, -0.05) is 50.3 Å². The van der Waals surface area contributed by atoms with Crippen molar-refractivity contribution in [3.8, 4) is 0 Å². The molecule has 0 aliphatic rings. The van der Waals surface area contributed by atoms with Gasteiger partial charge in [-0.05, 0) is 54.3 Å². The van der Waals surface area contributed by atoms with Crippen LogP contribution in [0.25, 0.3) is 5.70 Å². The molecule has 0 aromatic heterocycles. The molecule has 25 heavy (non-hydrogen) atoms. The molecule has 0 saturated heterocycles. The SMILES string of the molecule is C=C(/C=C(/c1cccc(CCC)c1)N(C)c1cccc(C)c1)NC=O. The molecule has 0 fully saturated rings. The molecule has 1 amide bonds. The Morgan fingerprint density at radius 3 is 2.64 bits per heavy atom. The lowest BCUT2D eigenvalue weighted by molar-refractivity contribution is -0.108. The van der Waals surface area contributed by atoms with E-state index in [9.17, 15) is 4.79 Å². The van der Waals surface area contributed by atoms with E-state index in [1.165, 1.54) is 11.1 Å². The highest BCUT2D eigenvalue weighted by Crippen LogP contribution is 2.27. The minimum atomic E-state index is 0.561. The van der Waals surface area contributed by atoms with E-state index in [0.717, 1.165) is 29.8 Å². The minimum Gasteiger partial charge on any atom is -0.344 e. The van der Waals surface area contributed by atoms with Crippen LogP contribution in [0, 0.1) is 6.92 Å². The Morgan fingerprint density at radius 2 is 1.96 bits per heavy atom. The van der Waals surface area contributed by atoms with E-state index in [4.69, 9.17) is 0 Å². The smallest absolute Gasteiger partial charge is 0.211 e. The topological polar surface area (TPSA) is 32.3 Å². The average molecular weight is 334 g/mol. The molecule has 2 aromatic carbocycles. The van der Waals surface area contributed by atoms with E-state index >= 15 is 0 Å². The van der Waals surface area contributed by atoms with Crippen molar-refractivity contribution in [2.45, 2.75) is 26.7 Å². The summed E-state index contributed by atoms with van der Waals surface area (Å²) in [5.41, 5.74) is 6.24. The van der Waals surface area contributed by atoms with Crippen LogP contribution in [0.5, 0.6) is 0 Å². The largest absolute Gasteiger partial charge is 0.344 e. The number of hydrogen-bond acceptors (Lipinski definition) is 2. The predicted octanol–water partition coefficient (Wildman–Crippen LogP) is 4.68. The lowest BCUT2D eigenvalue weighted by Gasteiger charge is -2.24. The zero-order valence-corrected chi connectivity index (χ0v) is 15.3. The van der Waals surface area contributed by atoms with Gasteiger partial charge in [0.2, 0.25) is 6.41 Å². The summed E-state index contributed by atoms with van der Waals surface area (Å²) in [6, 6.07) is 16.9. The van der Waals surface area contributed by atoms with E-state index in [2.05, 4.69) is 73.1 Å². The van der Waals surface area contributed by atoms with Gasteiger partial charge < -0.3 is 10.2 Å². The van der Waals surface area contributed by atoms with E-state index in [-0.39, 0.29) is 0 Å². The van der Waals surface area contributed by atoms with Crippen LogP contribution in [-0.2, 0) is 11.2 Å². The summed E-state index contributed by atoms with van der Waals surface area (Å²) >= 11 is 0. The lowest BCUT2D eigenvalue weighted by atomic mass is 10.0. The van der Waals surface area contributed by atoms with E-state index in [1.807, 2.05) is 19.2 Å². The molecule has 1 N–H and O–H groups in total. The second-order valence-corrected chi connectivity index (χ2v) is 6.17. The van der Waals surface area contributed by atoms with Crippen molar-refractivity contribution in [3.05, 3.63) is 83.6 Å². The summed E-state index contributed by atoms with van der Waals surface area (Å²) in [5.74, 6) is 0. The van der Waals surface area contributed by atoms with Gasteiger partial charge in [0.1, 0.15) is 0 Å². The predicted molar refractivity (Wildman–Crippen MR) is 106 cm³/mol. The molecule has 0 heterocycles. The number of nitrogens with zero attached hydrogens (tertiary/aromatic N) is 1. The Morgan fingerprint density at radius 1 is 1.20 bits per heavy atom. The van der Waals surface area contributed by atoms with Crippen LogP contribution in [-0.4, -0.2) is 13.5 Å². The van der Waals surface area contributed by atoms with Crippen LogP contribution < -0.4 is 10.2 Å². The van der Waals surface area contributed by atoms with Crippen LogP contribution in [0.3, 0.4) is 0 Å². The fourth-order valence-corrected chi connectivity index (χ4v) is 2.81. The average Bonchev–Trinajstić information content (AvgIpc) is 2.60. The van der Waals surface area contributed by atoms with Gasteiger partial charge in [0, 0.05) is 18.4 Å². The molecule has 0 saturated carbocycles. The Hall–Kier alpha value is -2.81. The summed E-state index contributed by atoms with van der Waals surface area (Å²) in [4.78, 5) is 12.9. The van der Waals surface area contributed by atoms with E-state index in [0.29, 0.717) is 12.1 Å². The fraction of sp³-hybridized carbons (Fsp3) is 0.227. The third kappa shape index (κ3) is 5.08. The molecule has 3 nitrogen and oxygen atoms in total. The van der Waals surface area contributed by atoms with Crippen LogP contribution in [0.1, 0.15) is 30.0 Å². The van der Waals surface area contributed by atoms with Crippen LogP contribution in [0.15, 0.2) is 66.9 Å². The summed E-state index contributed by atoms with van der Waals surface area (Å²) in [6.45, 7) is 8.17. The molecular formula is C22H26N2O. The molecule has 2 rings (SSSR count). The van der Waals surface area contributed by atoms with Crippen molar-refractivity contribution >= 4 is 17.8 Å². The maximum atomic E-state index is 10.7. The van der Waals surface area contributed by atoms with E-state index in [1.54, 1.807) is 0 Å². The molecule has 0 unspecified atom stereocenters. The third-order valence-electron chi connectivity index (χ3n) is 4.07. The van der Waals surface area contributed by atoms with Crippen LogP contribution in [0.2, 0.25) is 0 Å². The first-order valence-corrected chi connectivity index (χ1v) is 8.55. The molecule has 0 spiro atoms. The second-order valence-electron chi connectivity index (χ2n) is 6.17. The van der Waals surface area contributed by atoms with Gasteiger partial charge in [-0.3, -0.25) is 4.79 Å². The Bertz CT molecular complexity index is 777. The number of carbonyl (C=O) groups is 1. The van der Waals surface area contributed by atoms with E-state index < -0.39 is 0 Å². The molecule has 0 atom stereocenters. The molecule has 0 bridgehead atoms. The summed E-state index contributed by atoms with van der Waals surface area (Å²) in [5, 5.41) is 2.63. The molecule has 0 aliphatic heterocycles. The van der Waals surface area contributed by atoms with Crippen molar-refractivity contribution in [2.75, 3.05) is 11.9 Å². The van der Waals surface area contributed by atoms with Gasteiger partial charge in [-0.2, -0.15) is 0 Å². The normalized spacial score (nSPS) is 11.1. The number of allylic oxidation sites excluding steroid dienone is 1. The van der Waals surface area contributed by atoms with Gasteiger partial charge in [0.05, 0.1) is 5.70 Å². The molecular weight excluding hydrogens is 308 g/mol. The quantitative estimate of drug-likeness (QED) is 0.561. The van der Waals surface area contributed by atoms with Crippen molar-refractivity contribution in [1.29, 1.82) is 0 Å². The van der Waals surface area contributed by atoms with Crippen LogP contribution in [0.4, 0.5) is 5.69 Å². The van der Waals surface area contributed by atoms with Gasteiger partial charge in [-0.25, -0.2) is 0 Å². The Kier molecular flexibility index (Phi) is 6.58. The highest BCUT2D eigenvalue weighted by molar-refractivity contribution is 5.81. The number of anilines is 1. The number of amides is 1. The van der Waals surface area contributed by atoms with Crippen molar-refractivity contribution in [3.63, 3.8) is 0 Å². The van der Waals surface area contributed by atoms with Gasteiger partial charge in [0.25, 0.3) is 0 Å². The fourth-order valence-electron chi connectivity index (χ4n) is 2.81. The first kappa shape index (κ1) is 18.5. The summed E-state index contributed by atoms with van der Waals surface area (Å²) in [6.07, 6.45) is 4.71. The lowest BCUT2D eigenvalue weighted by Crippen LogP contribution is -2.17. The van der Waals surface area contributed by atoms with Gasteiger partial charge in [-0.15, -0.1) is 0 Å². The highest BCUT2D eigenvalue weighted by Gasteiger charge is 2.11. The zero-order chi connectivity index (χ0) is 18.2. The number of carbonyl (C=O) groups excluding carboxylic acids is 1.